The number of imidazole rings is 1. The number of fused-ring (bicyclic) bond motifs is 1. The zero-order valence-electron chi connectivity index (χ0n) is 11.4. The Hall–Kier alpha value is -1.79. The third kappa shape index (κ3) is 2.56. The van der Waals surface area contributed by atoms with Gasteiger partial charge in [0, 0.05) is 6.04 Å². The molecule has 1 aliphatic carbocycles. The fourth-order valence-corrected chi connectivity index (χ4v) is 2.61. The first-order valence-corrected chi connectivity index (χ1v) is 6.73. The van der Waals surface area contributed by atoms with Gasteiger partial charge in [-0.15, -0.1) is 0 Å². The van der Waals surface area contributed by atoms with Crippen LogP contribution >= 0.6 is 0 Å². The van der Waals surface area contributed by atoms with Crippen LogP contribution in [0.5, 0.6) is 5.75 Å². The second-order valence-corrected chi connectivity index (χ2v) is 5.26. The first-order chi connectivity index (χ1) is 9.87. The number of aromatic nitrogens is 2. The Labute approximate surface area is 118 Å². The largest absolute Gasteiger partial charge is 0.481 e. The molecule has 114 valence electrons. The minimum absolute atomic E-state index is 0.169. The number of ether oxygens (including phenoxy) is 1. The average molecular weight is 302 g/mol. The van der Waals surface area contributed by atoms with Crippen molar-refractivity contribution in [1.82, 2.24) is 9.55 Å². The number of nitrogens with zero attached hydrogens (tertiary/aromatic N) is 2. The van der Waals surface area contributed by atoms with Crippen LogP contribution in [0.2, 0.25) is 0 Å². The predicted molar refractivity (Wildman–Crippen MR) is 68.9 cm³/mol. The molecule has 0 atom stereocenters. The van der Waals surface area contributed by atoms with Crippen molar-refractivity contribution in [3.05, 3.63) is 23.8 Å². The second-order valence-electron chi connectivity index (χ2n) is 5.26. The summed E-state index contributed by atoms with van der Waals surface area (Å²) in [6, 6.07) is 2.86. The van der Waals surface area contributed by atoms with Crippen molar-refractivity contribution < 1.29 is 22.3 Å². The smallest absolute Gasteiger partial charge is 0.422 e. The fraction of sp³-hybridized carbons (Fsp3) is 0.500. The van der Waals surface area contributed by atoms with Crippen LogP contribution in [0.25, 0.3) is 11.0 Å². The lowest BCUT2D eigenvalue weighted by atomic mass is 9.92. The summed E-state index contributed by atoms with van der Waals surface area (Å²) in [5.74, 6) is -0.494. The molecular weight excluding hydrogens is 288 g/mol. The topological polar surface area (TPSA) is 27.1 Å². The van der Waals surface area contributed by atoms with Crippen molar-refractivity contribution in [1.29, 1.82) is 0 Å². The first-order valence-electron chi connectivity index (χ1n) is 6.73. The SMILES string of the molecule is Cc1nc2ccc(OCC(F)(F)F)c(F)c2n1C1CCC1. The molecule has 0 saturated heterocycles. The van der Waals surface area contributed by atoms with E-state index in [1.54, 1.807) is 11.5 Å². The molecule has 0 unspecified atom stereocenters. The number of hydrogen-bond acceptors (Lipinski definition) is 2. The summed E-state index contributed by atoms with van der Waals surface area (Å²) in [4.78, 5) is 4.27. The van der Waals surface area contributed by atoms with Gasteiger partial charge in [-0.05, 0) is 38.3 Å². The highest BCUT2D eigenvalue weighted by Crippen LogP contribution is 2.37. The molecule has 2 aromatic rings. The summed E-state index contributed by atoms with van der Waals surface area (Å²) >= 11 is 0. The summed E-state index contributed by atoms with van der Waals surface area (Å²) in [5.41, 5.74) is 0.674. The molecule has 1 fully saturated rings. The van der Waals surface area contributed by atoms with Gasteiger partial charge in [-0.25, -0.2) is 9.37 Å². The second kappa shape index (κ2) is 4.89. The summed E-state index contributed by atoms with van der Waals surface area (Å²) in [5, 5.41) is 0. The van der Waals surface area contributed by atoms with Crippen LogP contribution in [0.15, 0.2) is 12.1 Å². The number of alkyl halides is 3. The van der Waals surface area contributed by atoms with Crippen LogP contribution in [-0.4, -0.2) is 22.3 Å². The molecule has 7 heteroatoms. The van der Waals surface area contributed by atoms with E-state index in [0.717, 1.165) is 19.3 Å². The molecule has 0 spiro atoms. The minimum atomic E-state index is -4.49. The molecule has 3 nitrogen and oxygen atoms in total. The van der Waals surface area contributed by atoms with Gasteiger partial charge in [-0.1, -0.05) is 0 Å². The van der Waals surface area contributed by atoms with Crippen molar-refractivity contribution >= 4 is 11.0 Å². The summed E-state index contributed by atoms with van der Waals surface area (Å²) < 4.78 is 57.4. The van der Waals surface area contributed by atoms with Crippen LogP contribution in [0.3, 0.4) is 0 Å². The summed E-state index contributed by atoms with van der Waals surface area (Å²) in [6.07, 6.45) is -1.57. The van der Waals surface area contributed by atoms with Gasteiger partial charge in [-0.3, -0.25) is 0 Å². The Morgan fingerprint density at radius 2 is 2.05 bits per heavy atom. The van der Waals surface area contributed by atoms with Gasteiger partial charge in [0.2, 0.25) is 0 Å². The number of hydrogen-bond donors (Lipinski definition) is 0. The lowest BCUT2D eigenvalue weighted by molar-refractivity contribution is -0.153. The van der Waals surface area contributed by atoms with E-state index in [9.17, 15) is 17.6 Å². The third-order valence-corrected chi connectivity index (χ3v) is 3.76. The number of aryl methyl sites for hydroxylation is 1. The molecule has 0 amide bonds. The van der Waals surface area contributed by atoms with Gasteiger partial charge in [0.05, 0.1) is 5.52 Å². The predicted octanol–water partition coefficient (Wildman–Crippen LogP) is 4.15. The number of benzene rings is 1. The Kier molecular flexibility index (Phi) is 3.30. The molecule has 1 aliphatic rings. The number of rotatable bonds is 3. The van der Waals surface area contributed by atoms with Crippen LogP contribution < -0.4 is 4.74 Å². The van der Waals surface area contributed by atoms with E-state index in [-0.39, 0.29) is 17.3 Å². The van der Waals surface area contributed by atoms with Gasteiger partial charge in [-0.2, -0.15) is 13.2 Å². The van der Waals surface area contributed by atoms with E-state index in [4.69, 9.17) is 0 Å². The van der Waals surface area contributed by atoms with E-state index in [1.165, 1.54) is 12.1 Å². The number of halogens is 4. The highest BCUT2D eigenvalue weighted by atomic mass is 19.4. The maximum Gasteiger partial charge on any atom is 0.422 e. The van der Waals surface area contributed by atoms with E-state index in [1.807, 2.05) is 0 Å². The fourth-order valence-electron chi connectivity index (χ4n) is 2.61. The lowest BCUT2D eigenvalue weighted by Crippen LogP contribution is -2.20. The van der Waals surface area contributed by atoms with Gasteiger partial charge in [0.25, 0.3) is 0 Å². The zero-order chi connectivity index (χ0) is 15.2. The van der Waals surface area contributed by atoms with Crippen LogP contribution in [0.4, 0.5) is 17.6 Å². The molecule has 1 heterocycles. The molecule has 0 radical (unpaired) electrons. The van der Waals surface area contributed by atoms with Crippen LogP contribution in [0.1, 0.15) is 31.1 Å². The summed E-state index contributed by atoms with van der Waals surface area (Å²) in [6.45, 7) is 0.264. The van der Waals surface area contributed by atoms with Crippen molar-refractivity contribution in [3.63, 3.8) is 0 Å². The van der Waals surface area contributed by atoms with Gasteiger partial charge in [0.1, 0.15) is 11.3 Å². The standard InChI is InChI=1S/C14H14F4N2O/c1-8-19-10-5-6-11(21-7-14(16,17)18)12(15)13(10)20(8)9-3-2-4-9/h5-6,9H,2-4,7H2,1H3. The maximum absolute atomic E-state index is 14.5. The van der Waals surface area contributed by atoms with Crippen LogP contribution in [0, 0.1) is 12.7 Å². The van der Waals surface area contributed by atoms with Crippen molar-refractivity contribution in [2.75, 3.05) is 6.61 Å². The molecule has 0 N–H and O–H groups in total. The van der Waals surface area contributed by atoms with E-state index >= 15 is 0 Å². The van der Waals surface area contributed by atoms with E-state index in [0.29, 0.717) is 11.3 Å². The molecule has 1 aromatic heterocycles. The lowest BCUT2D eigenvalue weighted by Gasteiger charge is -2.28. The molecule has 0 bridgehead atoms. The summed E-state index contributed by atoms with van der Waals surface area (Å²) in [7, 11) is 0. The first kappa shape index (κ1) is 14.2. The monoisotopic (exact) mass is 302 g/mol. The normalized spacial score (nSPS) is 16.2. The molecule has 3 rings (SSSR count). The Morgan fingerprint density at radius 1 is 1.33 bits per heavy atom. The molecule has 21 heavy (non-hydrogen) atoms. The van der Waals surface area contributed by atoms with Crippen molar-refractivity contribution in [2.24, 2.45) is 0 Å². The quantitative estimate of drug-likeness (QED) is 0.796. The zero-order valence-corrected chi connectivity index (χ0v) is 11.4. The molecular formula is C14H14F4N2O. The molecule has 0 aliphatic heterocycles. The van der Waals surface area contributed by atoms with Gasteiger partial charge < -0.3 is 9.30 Å². The van der Waals surface area contributed by atoms with Gasteiger partial charge >= 0.3 is 6.18 Å². The van der Waals surface area contributed by atoms with Gasteiger partial charge in [0.15, 0.2) is 18.2 Å². The maximum atomic E-state index is 14.5. The minimum Gasteiger partial charge on any atom is -0.481 e. The van der Waals surface area contributed by atoms with Crippen LogP contribution in [-0.2, 0) is 0 Å². The highest BCUT2D eigenvalue weighted by molar-refractivity contribution is 5.79. The van der Waals surface area contributed by atoms with Crippen molar-refractivity contribution in [2.45, 2.75) is 38.4 Å². The Bertz CT molecular complexity index is 674. The molecule has 1 aromatic carbocycles. The Morgan fingerprint density at radius 3 is 2.62 bits per heavy atom. The Balaban J connectivity index is 2.02. The average Bonchev–Trinajstić information content (AvgIpc) is 2.63. The third-order valence-electron chi connectivity index (χ3n) is 3.76. The van der Waals surface area contributed by atoms with Crippen molar-refractivity contribution in [3.8, 4) is 5.75 Å². The molecule has 1 saturated carbocycles. The van der Waals surface area contributed by atoms with E-state index < -0.39 is 18.6 Å². The van der Waals surface area contributed by atoms with E-state index in [2.05, 4.69) is 9.72 Å². The highest BCUT2D eigenvalue weighted by Gasteiger charge is 2.30.